The van der Waals surface area contributed by atoms with Crippen LogP contribution in [0.3, 0.4) is 0 Å². The molecule has 0 saturated heterocycles. The molecule has 0 saturated carbocycles. The van der Waals surface area contributed by atoms with Crippen molar-refractivity contribution in [3.63, 3.8) is 0 Å². The van der Waals surface area contributed by atoms with Crippen molar-refractivity contribution < 1.29 is 8.42 Å². The smallest absolute Gasteiger partial charge is 0.240 e. The molecule has 3 N–H and O–H groups in total. The highest BCUT2D eigenvalue weighted by atomic mass is 35.5. The van der Waals surface area contributed by atoms with E-state index in [-0.39, 0.29) is 9.92 Å². The number of nitrogens with one attached hydrogen (secondary N) is 1. The van der Waals surface area contributed by atoms with Gasteiger partial charge in [-0.05, 0) is 37.5 Å². The number of sulfonamides is 1. The molecule has 0 aromatic heterocycles. The zero-order valence-corrected chi connectivity index (χ0v) is 13.2. The SMILES string of the molecule is NC(=S)CCCCNS(=O)(=O)c1ccc(Cl)c(Cl)c1. The van der Waals surface area contributed by atoms with Crippen LogP contribution in [-0.2, 0) is 10.0 Å². The molecule has 0 radical (unpaired) electrons. The van der Waals surface area contributed by atoms with Gasteiger partial charge in [0, 0.05) is 6.54 Å². The van der Waals surface area contributed by atoms with Crippen LogP contribution >= 0.6 is 35.4 Å². The standard InChI is InChI=1S/C11H14Cl2N2O2S2/c12-9-5-4-8(7-10(9)13)19(16,17)15-6-2-1-3-11(14)18/h4-5,7,15H,1-3,6H2,(H2,14,18). The fourth-order valence-corrected chi connectivity index (χ4v) is 2.97. The maximum Gasteiger partial charge on any atom is 0.240 e. The lowest BCUT2D eigenvalue weighted by Crippen LogP contribution is -2.25. The van der Waals surface area contributed by atoms with Crippen molar-refractivity contribution >= 4 is 50.4 Å². The van der Waals surface area contributed by atoms with E-state index in [1.54, 1.807) is 0 Å². The molecule has 0 amide bonds. The number of thiocarbonyl (C=S) groups is 1. The Morgan fingerprint density at radius 3 is 2.53 bits per heavy atom. The summed E-state index contributed by atoms with van der Waals surface area (Å²) in [6, 6.07) is 4.18. The Bertz CT molecular complexity index is 562. The Balaban J connectivity index is 2.56. The van der Waals surface area contributed by atoms with E-state index in [4.69, 9.17) is 41.2 Å². The first-order chi connectivity index (χ1) is 8.83. The second-order valence-electron chi connectivity index (χ2n) is 3.90. The first kappa shape index (κ1) is 16.7. The highest BCUT2D eigenvalue weighted by Crippen LogP contribution is 2.24. The van der Waals surface area contributed by atoms with E-state index in [0.29, 0.717) is 29.4 Å². The number of rotatable bonds is 7. The second kappa shape index (κ2) is 7.40. The lowest BCUT2D eigenvalue weighted by molar-refractivity contribution is 0.577. The monoisotopic (exact) mass is 340 g/mol. The van der Waals surface area contributed by atoms with Crippen molar-refractivity contribution in [2.24, 2.45) is 5.73 Å². The van der Waals surface area contributed by atoms with Crippen LogP contribution in [0.2, 0.25) is 10.0 Å². The Morgan fingerprint density at radius 2 is 1.95 bits per heavy atom. The average molecular weight is 341 g/mol. The van der Waals surface area contributed by atoms with Gasteiger partial charge in [0.2, 0.25) is 10.0 Å². The van der Waals surface area contributed by atoms with Gasteiger partial charge >= 0.3 is 0 Å². The van der Waals surface area contributed by atoms with Crippen molar-refractivity contribution in [2.45, 2.75) is 24.2 Å². The minimum atomic E-state index is -3.56. The highest BCUT2D eigenvalue weighted by Gasteiger charge is 2.14. The predicted molar refractivity (Wildman–Crippen MR) is 82.3 cm³/mol. The van der Waals surface area contributed by atoms with Gasteiger partial charge in [0.05, 0.1) is 19.9 Å². The average Bonchev–Trinajstić information content (AvgIpc) is 2.31. The Labute approximate surface area is 128 Å². The number of halogens is 2. The summed E-state index contributed by atoms with van der Waals surface area (Å²) in [6.07, 6.45) is 2.03. The molecule has 0 aliphatic heterocycles. The summed E-state index contributed by atoms with van der Waals surface area (Å²) in [5, 5.41) is 0.523. The molecule has 19 heavy (non-hydrogen) atoms. The van der Waals surface area contributed by atoms with Gasteiger partial charge in [-0.25, -0.2) is 13.1 Å². The molecule has 0 aliphatic carbocycles. The summed E-state index contributed by atoms with van der Waals surface area (Å²) in [4.78, 5) is 0.531. The third-order valence-electron chi connectivity index (χ3n) is 2.34. The van der Waals surface area contributed by atoms with Crippen LogP contribution in [0.4, 0.5) is 0 Å². The van der Waals surface area contributed by atoms with Crippen molar-refractivity contribution in [1.82, 2.24) is 4.72 Å². The highest BCUT2D eigenvalue weighted by molar-refractivity contribution is 7.89. The maximum atomic E-state index is 11.9. The molecule has 0 atom stereocenters. The molecule has 0 fully saturated rings. The van der Waals surface area contributed by atoms with E-state index < -0.39 is 10.0 Å². The van der Waals surface area contributed by atoms with E-state index in [0.717, 1.165) is 6.42 Å². The van der Waals surface area contributed by atoms with Crippen LogP contribution in [0.25, 0.3) is 0 Å². The molecule has 0 heterocycles. The number of nitrogens with two attached hydrogens (primary N) is 1. The third-order valence-corrected chi connectivity index (χ3v) is 4.75. The Hall–Kier alpha value is -0.400. The summed E-state index contributed by atoms with van der Waals surface area (Å²) < 4.78 is 26.3. The van der Waals surface area contributed by atoms with Crippen LogP contribution in [-0.4, -0.2) is 20.0 Å². The van der Waals surface area contributed by atoms with E-state index in [1.165, 1.54) is 18.2 Å². The quantitative estimate of drug-likeness (QED) is 0.591. The molecule has 1 aromatic carbocycles. The van der Waals surface area contributed by atoms with Crippen LogP contribution < -0.4 is 10.5 Å². The summed E-state index contributed by atoms with van der Waals surface area (Å²) >= 11 is 16.3. The maximum absolute atomic E-state index is 11.9. The van der Waals surface area contributed by atoms with E-state index in [2.05, 4.69) is 4.72 Å². The van der Waals surface area contributed by atoms with Gasteiger partial charge in [-0.3, -0.25) is 0 Å². The Kier molecular flexibility index (Phi) is 6.49. The largest absolute Gasteiger partial charge is 0.393 e. The normalized spacial score (nSPS) is 11.5. The third kappa shape index (κ3) is 5.62. The van der Waals surface area contributed by atoms with Gasteiger partial charge in [0.1, 0.15) is 0 Å². The molecular weight excluding hydrogens is 327 g/mol. The van der Waals surface area contributed by atoms with Gasteiger partial charge in [0.25, 0.3) is 0 Å². The van der Waals surface area contributed by atoms with Crippen molar-refractivity contribution in [2.75, 3.05) is 6.54 Å². The first-order valence-electron chi connectivity index (χ1n) is 5.56. The number of hydrogen-bond acceptors (Lipinski definition) is 3. The molecule has 8 heteroatoms. The molecule has 0 aliphatic rings. The van der Waals surface area contributed by atoms with Crippen molar-refractivity contribution in [1.29, 1.82) is 0 Å². The van der Waals surface area contributed by atoms with Crippen LogP contribution in [0.1, 0.15) is 19.3 Å². The van der Waals surface area contributed by atoms with Gasteiger partial charge in [0.15, 0.2) is 0 Å². The van der Waals surface area contributed by atoms with Gasteiger partial charge in [-0.1, -0.05) is 35.4 Å². The Morgan fingerprint density at radius 1 is 1.26 bits per heavy atom. The first-order valence-corrected chi connectivity index (χ1v) is 8.20. The molecule has 1 aromatic rings. The molecule has 0 spiro atoms. The second-order valence-corrected chi connectivity index (χ2v) is 7.00. The van der Waals surface area contributed by atoms with Gasteiger partial charge in [-0.15, -0.1) is 0 Å². The fraction of sp³-hybridized carbons (Fsp3) is 0.364. The lowest BCUT2D eigenvalue weighted by Gasteiger charge is -2.07. The minimum Gasteiger partial charge on any atom is -0.393 e. The summed E-state index contributed by atoms with van der Waals surface area (Å²) in [7, 11) is -3.56. The number of unbranched alkanes of at least 4 members (excludes halogenated alkanes) is 1. The molecule has 4 nitrogen and oxygen atoms in total. The van der Waals surface area contributed by atoms with Gasteiger partial charge < -0.3 is 5.73 Å². The zero-order valence-electron chi connectivity index (χ0n) is 10.0. The van der Waals surface area contributed by atoms with Crippen molar-refractivity contribution in [3.05, 3.63) is 28.2 Å². The van der Waals surface area contributed by atoms with Crippen molar-refractivity contribution in [3.8, 4) is 0 Å². The molecular formula is C11H14Cl2N2O2S2. The van der Waals surface area contributed by atoms with E-state index >= 15 is 0 Å². The van der Waals surface area contributed by atoms with E-state index in [9.17, 15) is 8.42 Å². The molecule has 1 rings (SSSR count). The topological polar surface area (TPSA) is 72.2 Å². The minimum absolute atomic E-state index is 0.0937. The zero-order chi connectivity index (χ0) is 14.5. The number of benzene rings is 1. The molecule has 0 bridgehead atoms. The van der Waals surface area contributed by atoms with Crippen LogP contribution in [0.5, 0.6) is 0 Å². The fourth-order valence-electron chi connectivity index (χ4n) is 1.36. The molecule has 106 valence electrons. The van der Waals surface area contributed by atoms with Crippen LogP contribution in [0.15, 0.2) is 23.1 Å². The summed E-state index contributed by atoms with van der Waals surface area (Å²) in [5.74, 6) is 0. The van der Waals surface area contributed by atoms with Gasteiger partial charge in [-0.2, -0.15) is 0 Å². The predicted octanol–water partition coefficient (Wildman–Crippen LogP) is 2.73. The number of hydrogen-bond donors (Lipinski definition) is 2. The molecule has 0 unspecified atom stereocenters. The summed E-state index contributed by atoms with van der Waals surface area (Å²) in [6.45, 7) is 0.325. The van der Waals surface area contributed by atoms with E-state index in [1.807, 2.05) is 0 Å². The summed E-state index contributed by atoms with van der Waals surface area (Å²) in [5.41, 5.74) is 5.35. The van der Waals surface area contributed by atoms with Crippen LogP contribution in [0, 0.1) is 0 Å². The lowest BCUT2D eigenvalue weighted by atomic mass is 10.2.